The van der Waals surface area contributed by atoms with Crippen LogP contribution in [0, 0.1) is 0 Å². The minimum Gasteiger partial charge on any atom is -0.371 e. The zero-order chi connectivity index (χ0) is 13.8. The summed E-state index contributed by atoms with van der Waals surface area (Å²) in [6.45, 7) is 10.1. The van der Waals surface area contributed by atoms with Gasteiger partial charge < -0.3 is 15.1 Å². The summed E-state index contributed by atoms with van der Waals surface area (Å²) in [4.78, 5) is 4.91. The second-order valence-electron chi connectivity index (χ2n) is 5.85. The molecule has 0 bridgehead atoms. The van der Waals surface area contributed by atoms with Gasteiger partial charge in [0.25, 0.3) is 0 Å². The predicted octanol–water partition coefficient (Wildman–Crippen LogP) is 2.72. The van der Waals surface area contributed by atoms with E-state index in [-0.39, 0.29) is 0 Å². The monoisotopic (exact) mass is 261 g/mol. The van der Waals surface area contributed by atoms with E-state index in [0.717, 1.165) is 19.6 Å². The maximum Gasteiger partial charge on any atom is 0.0607 e. The summed E-state index contributed by atoms with van der Waals surface area (Å²) in [5.41, 5.74) is 2.74. The average Bonchev–Trinajstić information content (AvgIpc) is 2.39. The van der Waals surface area contributed by atoms with Crippen molar-refractivity contribution >= 4 is 11.4 Å². The van der Waals surface area contributed by atoms with E-state index in [9.17, 15) is 0 Å². The average molecular weight is 261 g/mol. The molecular weight excluding hydrogens is 234 g/mol. The molecule has 106 valence electrons. The molecular formula is C16H27N3. The van der Waals surface area contributed by atoms with Gasteiger partial charge in [-0.2, -0.15) is 0 Å². The standard InChI is InChI=1S/C16H27N3/c1-13(2)17-10-9-14(3)19-12-11-18(4)15-7-5-6-8-16(15)19/h5-8,13-14,17H,9-12H2,1-4H3. The Morgan fingerprint density at radius 2 is 1.79 bits per heavy atom. The number of hydrogen-bond acceptors (Lipinski definition) is 3. The first-order valence-electron chi connectivity index (χ1n) is 7.39. The molecule has 2 rings (SSSR count). The van der Waals surface area contributed by atoms with Gasteiger partial charge in [0.15, 0.2) is 0 Å². The van der Waals surface area contributed by atoms with Gasteiger partial charge in [0.2, 0.25) is 0 Å². The third-order valence-corrected chi connectivity index (χ3v) is 3.93. The van der Waals surface area contributed by atoms with Crippen molar-refractivity contribution in [3.8, 4) is 0 Å². The van der Waals surface area contributed by atoms with Crippen LogP contribution >= 0.6 is 0 Å². The number of nitrogens with zero attached hydrogens (tertiary/aromatic N) is 2. The smallest absolute Gasteiger partial charge is 0.0607 e. The van der Waals surface area contributed by atoms with Gasteiger partial charge in [-0.25, -0.2) is 0 Å². The third-order valence-electron chi connectivity index (χ3n) is 3.93. The Balaban J connectivity index is 2.03. The number of fused-ring (bicyclic) bond motifs is 1. The van der Waals surface area contributed by atoms with Crippen molar-refractivity contribution in [2.24, 2.45) is 0 Å². The fraction of sp³-hybridized carbons (Fsp3) is 0.625. The Bertz CT molecular complexity index is 403. The highest BCUT2D eigenvalue weighted by molar-refractivity contribution is 5.73. The second kappa shape index (κ2) is 6.29. The summed E-state index contributed by atoms with van der Waals surface area (Å²) in [7, 11) is 2.18. The van der Waals surface area contributed by atoms with Crippen LogP contribution in [-0.4, -0.2) is 38.8 Å². The lowest BCUT2D eigenvalue weighted by Gasteiger charge is -2.40. The van der Waals surface area contributed by atoms with Crippen molar-refractivity contribution in [3.05, 3.63) is 24.3 Å². The Hall–Kier alpha value is -1.22. The molecule has 1 aromatic carbocycles. The quantitative estimate of drug-likeness (QED) is 0.879. The lowest BCUT2D eigenvalue weighted by atomic mass is 10.1. The number of para-hydroxylation sites is 2. The van der Waals surface area contributed by atoms with Gasteiger partial charge in [-0.05, 0) is 32.0 Å². The summed E-state index contributed by atoms with van der Waals surface area (Å²) < 4.78 is 0. The van der Waals surface area contributed by atoms with Crippen LogP contribution < -0.4 is 15.1 Å². The van der Waals surface area contributed by atoms with Crippen LogP contribution in [0.2, 0.25) is 0 Å². The molecule has 0 aliphatic carbocycles. The molecule has 1 aliphatic heterocycles. The van der Waals surface area contributed by atoms with E-state index in [1.807, 2.05) is 0 Å². The van der Waals surface area contributed by atoms with Gasteiger partial charge in [0.1, 0.15) is 0 Å². The fourth-order valence-electron chi connectivity index (χ4n) is 2.72. The van der Waals surface area contributed by atoms with Crippen molar-refractivity contribution in [1.82, 2.24) is 5.32 Å². The molecule has 0 radical (unpaired) electrons. The molecule has 1 N–H and O–H groups in total. The molecule has 0 aromatic heterocycles. The van der Waals surface area contributed by atoms with E-state index in [4.69, 9.17) is 0 Å². The zero-order valence-electron chi connectivity index (χ0n) is 12.7. The van der Waals surface area contributed by atoms with E-state index in [1.165, 1.54) is 17.8 Å². The van der Waals surface area contributed by atoms with Crippen molar-refractivity contribution < 1.29 is 0 Å². The van der Waals surface area contributed by atoms with Crippen LogP contribution in [0.1, 0.15) is 27.2 Å². The fourth-order valence-corrected chi connectivity index (χ4v) is 2.72. The molecule has 1 aromatic rings. The summed E-state index contributed by atoms with van der Waals surface area (Å²) in [6, 6.07) is 9.90. The summed E-state index contributed by atoms with van der Waals surface area (Å²) >= 11 is 0. The number of nitrogens with one attached hydrogen (secondary N) is 1. The summed E-state index contributed by atoms with van der Waals surface area (Å²) in [5, 5.41) is 3.51. The summed E-state index contributed by atoms with van der Waals surface area (Å²) in [5.74, 6) is 0. The number of likely N-dealkylation sites (N-methyl/N-ethyl adjacent to an activating group) is 1. The van der Waals surface area contributed by atoms with Gasteiger partial charge >= 0.3 is 0 Å². The van der Waals surface area contributed by atoms with Crippen molar-refractivity contribution in [1.29, 1.82) is 0 Å². The van der Waals surface area contributed by atoms with Crippen LogP contribution in [-0.2, 0) is 0 Å². The molecule has 19 heavy (non-hydrogen) atoms. The molecule has 3 heteroatoms. The zero-order valence-corrected chi connectivity index (χ0v) is 12.7. The molecule has 1 heterocycles. The molecule has 3 nitrogen and oxygen atoms in total. The number of rotatable bonds is 5. The maximum atomic E-state index is 3.51. The molecule has 0 amide bonds. The SMILES string of the molecule is CC(C)NCCC(C)N1CCN(C)c2ccccc21. The van der Waals surface area contributed by atoms with Gasteiger partial charge in [0, 0.05) is 32.2 Å². The second-order valence-corrected chi connectivity index (χ2v) is 5.85. The minimum atomic E-state index is 0.576. The van der Waals surface area contributed by atoms with Gasteiger partial charge in [0.05, 0.1) is 11.4 Å². The Labute approximate surface area is 117 Å². The Morgan fingerprint density at radius 3 is 2.47 bits per heavy atom. The lowest BCUT2D eigenvalue weighted by molar-refractivity contribution is 0.512. The molecule has 1 aliphatic rings. The normalized spacial score (nSPS) is 16.7. The first-order valence-corrected chi connectivity index (χ1v) is 7.39. The molecule has 0 saturated heterocycles. The van der Waals surface area contributed by atoms with E-state index >= 15 is 0 Å². The van der Waals surface area contributed by atoms with Crippen molar-refractivity contribution in [2.75, 3.05) is 36.5 Å². The van der Waals surface area contributed by atoms with Gasteiger partial charge in [-0.15, -0.1) is 0 Å². The van der Waals surface area contributed by atoms with E-state index in [1.54, 1.807) is 0 Å². The molecule has 0 fully saturated rings. The Kier molecular flexibility index (Phi) is 4.70. The van der Waals surface area contributed by atoms with Crippen LogP contribution in [0.4, 0.5) is 11.4 Å². The third kappa shape index (κ3) is 3.41. The van der Waals surface area contributed by atoms with Crippen molar-refractivity contribution in [2.45, 2.75) is 39.3 Å². The topological polar surface area (TPSA) is 18.5 Å². The van der Waals surface area contributed by atoms with Crippen LogP contribution in [0.15, 0.2) is 24.3 Å². The minimum absolute atomic E-state index is 0.576. The summed E-state index contributed by atoms with van der Waals surface area (Å²) in [6.07, 6.45) is 1.19. The van der Waals surface area contributed by atoms with Crippen LogP contribution in [0.3, 0.4) is 0 Å². The highest BCUT2D eigenvalue weighted by atomic mass is 15.3. The Morgan fingerprint density at radius 1 is 1.11 bits per heavy atom. The van der Waals surface area contributed by atoms with Crippen molar-refractivity contribution in [3.63, 3.8) is 0 Å². The van der Waals surface area contributed by atoms with Crippen LogP contribution in [0.5, 0.6) is 0 Å². The van der Waals surface area contributed by atoms with Gasteiger partial charge in [-0.1, -0.05) is 26.0 Å². The number of anilines is 2. The molecule has 1 unspecified atom stereocenters. The van der Waals surface area contributed by atoms with Crippen LogP contribution in [0.25, 0.3) is 0 Å². The first-order chi connectivity index (χ1) is 9.09. The van der Waals surface area contributed by atoms with E-state index in [0.29, 0.717) is 12.1 Å². The maximum absolute atomic E-state index is 3.51. The molecule has 0 spiro atoms. The highest BCUT2D eigenvalue weighted by Crippen LogP contribution is 2.33. The molecule has 0 saturated carbocycles. The van der Waals surface area contributed by atoms with E-state index < -0.39 is 0 Å². The first kappa shape index (κ1) is 14.2. The van der Waals surface area contributed by atoms with E-state index in [2.05, 4.69) is 67.2 Å². The highest BCUT2D eigenvalue weighted by Gasteiger charge is 2.23. The van der Waals surface area contributed by atoms with Gasteiger partial charge in [-0.3, -0.25) is 0 Å². The number of benzene rings is 1. The lowest BCUT2D eigenvalue weighted by Crippen LogP contribution is -2.45. The predicted molar refractivity (Wildman–Crippen MR) is 84.3 cm³/mol. The molecule has 1 atom stereocenters. The largest absolute Gasteiger partial charge is 0.371 e. The number of hydrogen-bond donors (Lipinski definition) is 1.